The molecule has 4 rings (SSSR count). The zero-order valence-corrected chi connectivity index (χ0v) is 21.8. The summed E-state index contributed by atoms with van der Waals surface area (Å²) in [6.45, 7) is 8.02. The summed E-state index contributed by atoms with van der Waals surface area (Å²) in [5.74, 6) is 1.84. The summed E-state index contributed by atoms with van der Waals surface area (Å²) in [6, 6.07) is 14.8. The molecule has 1 aliphatic heterocycles. The summed E-state index contributed by atoms with van der Waals surface area (Å²) < 4.78 is 13.3. The van der Waals surface area contributed by atoms with Gasteiger partial charge in [-0.3, -0.25) is 0 Å². The SMILES string of the molecule is CCCSc1nc2n(n1)C(c1ccc(OCc3ccccc3Cl)cc1)C(C(=O)OC(C)C)=C(C)N2. The van der Waals surface area contributed by atoms with E-state index in [0.717, 1.165) is 23.3 Å². The molecule has 1 N–H and O–H groups in total. The molecule has 0 amide bonds. The van der Waals surface area contributed by atoms with Gasteiger partial charge < -0.3 is 14.8 Å². The highest BCUT2D eigenvalue weighted by Crippen LogP contribution is 2.37. The Morgan fingerprint density at radius 3 is 2.63 bits per heavy atom. The first-order chi connectivity index (χ1) is 16.9. The summed E-state index contributed by atoms with van der Waals surface area (Å²) in [5, 5.41) is 9.29. The van der Waals surface area contributed by atoms with E-state index in [1.165, 1.54) is 0 Å². The van der Waals surface area contributed by atoms with E-state index in [1.807, 2.05) is 69.3 Å². The number of ether oxygens (including phenoxy) is 2. The maximum Gasteiger partial charge on any atom is 0.338 e. The number of hydrogen-bond acceptors (Lipinski definition) is 7. The van der Waals surface area contributed by atoms with E-state index in [-0.39, 0.29) is 12.1 Å². The van der Waals surface area contributed by atoms with Crippen LogP contribution in [0.1, 0.15) is 51.3 Å². The Hall–Kier alpha value is -2.97. The normalized spacial score (nSPS) is 15.1. The number of benzene rings is 2. The van der Waals surface area contributed by atoms with Gasteiger partial charge in [0.2, 0.25) is 11.1 Å². The second-order valence-electron chi connectivity index (χ2n) is 8.48. The van der Waals surface area contributed by atoms with Crippen molar-refractivity contribution in [2.24, 2.45) is 0 Å². The van der Waals surface area contributed by atoms with Crippen LogP contribution in [0.5, 0.6) is 5.75 Å². The first-order valence-corrected chi connectivity index (χ1v) is 13.0. The van der Waals surface area contributed by atoms with Crippen LogP contribution in [-0.4, -0.2) is 32.6 Å². The average molecular weight is 513 g/mol. The summed E-state index contributed by atoms with van der Waals surface area (Å²) in [7, 11) is 0. The van der Waals surface area contributed by atoms with Crippen LogP contribution in [0.15, 0.2) is 65.0 Å². The van der Waals surface area contributed by atoms with Gasteiger partial charge in [0.25, 0.3) is 0 Å². The van der Waals surface area contributed by atoms with Crippen molar-refractivity contribution in [3.8, 4) is 5.75 Å². The third-order valence-electron chi connectivity index (χ3n) is 5.38. The lowest BCUT2D eigenvalue weighted by Gasteiger charge is -2.28. The summed E-state index contributed by atoms with van der Waals surface area (Å²) in [4.78, 5) is 17.8. The lowest BCUT2D eigenvalue weighted by Crippen LogP contribution is -2.30. The molecule has 0 radical (unpaired) electrons. The lowest BCUT2D eigenvalue weighted by atomic mass is 9.95. The predicted octanol–water partition coefficient (Wildman–Crippen LogP) is 6.25. The van der Waals surface area contributed by atoms with Crippen LogP contribution in [0.2, 0.25) is 5.02 Å². The highest BCUT2D eigenvalue weighted by atomic mass is 35.5. The van der Waals surface area contributed by atoms with Gasteiger partial charge in [0.1, 0.15) is 18.4 Å². The van der Waals surface area contributed by atoms with Crippen molar-refractivity contribution in [3.63, 3.8) is 0 Å². The molecule has 2 heterocycles. The molecule has 1 aromatic heterocycles. The molecule has 0 saturated heterocycles. The Bertz CT molecular complexity index is 1220. The van der Waals surface area contributed by atoms with Crippen LogP contribution in [0, 0.1) is 0 Å². The number of hydrogen-bond donors (Lipinski definition) is 1. The molecule has 35 heavy (non-hydrogen) atoms. The maximum atomic E-state index is 13.1. The number of nitrogens with one attached hydrogen (secondary N) is 1. The third-order valence-corrected chi connectivity index (χ3v) is 6.79. The average Bonchev–Trinajstić information content (AvgIpc) is 3.23. The van der Waals surface area contributed by atoms with Crippen molar-refractivity contribution in [3.05, 3.63) is 76.0 Å². The largest absolute Gasteiger partial charge is 0.489 e. The minimum Gasteiger partial charge on any atom is -0.489 e. The van der Waals surface area contributed by atoms with Gasteiger partial charge in [0, 0.05) is 22.0 Å². The number of esters is 1. The monoisotopic (exact) mass is 512 g/mol. The number of carbonyl (C=O) groups is 1. The molecule has 2 aromatic carbocycles. The van der Waals surface area contributed by atoms with Crippen LogP contribution in [0.25, 0.3) is 0 Å². The molecule has 7 nitrogen and oxygen atoms in total. The Balaban J connectivity index is 1.64. The summed E-state index contributed by atoms with van der Waals surface area (Å²) >= 11 is 7.83. The number of allylic oxidation sites excluding steroid dienone is 1. The number of thioether (sulfide) groups is 1. The van der Waals surface area contributed by atoms with Crippen LogP contribution < -0.4 is 10.1 Å². The second kappa shape index (κ2) is 11.2. The molecule has 1 aliphatic rings. The Morgan fingerprint density at radius 1 is 1.20 bits per heavy atom. The van der Waals surface area contributed by atoms with Gasteiger partial charge in [-0.15, -0.1) is 5.10 Å². The topological polar surface area (TPSA) is 78.3 Å². The van der Waals surface area contributed by atoms with E-state index in [9.17, 15) is 4.79 Å². The zero-order valence-electron chi connectivity index (χ0n) is 20.2. The molecule has 0 spiro atoms. The number of carbonyl (C=O) groups excluding carboxylic acids is 1. The molecule has 1 unspecified atom stereocenters. The van der Waals surface area contributed by atoms with Gasteiger partial charge in [-0.1, -0.05) is 60.6 Å². The number of anilines is 1. The molecule has 184 valence electrons. The van der Waals surface area contributed by atoms with Gasteiger partial charge in [-0.2, -0.15) is 4.98 Å². The number of nitrogens with zero attached hydrogens (tertiary/aromatic N) is 3. The molecule has 1 atom stereocenters. The van der Waals surface area contributed by atoms with Crippen LogP contribution in [0.4, 0.5) is 5.95 Å². The molecular formula is C26H29ClN4O3S. The van der Waals surface area contributed by atoms with Gasteiger partial charge in [0.05, 0.1) is 11.7 Å². The molecule has 3 aromatic rings. The van der Waals surface area contributed by atoms with E-state index >= 15 is 0 Å². The number of aromatic nitrogens is 3. The van der Waals surface area contributed by atoms with Gasteiger partial charge in [0.15, 0.2) is 0 Å². The van der Waals surface area contributed by atoms with Crippen LogP contribution in [0.3, 0.4) is 0 Å². The zero-order chi connectivity index (χ0) is 24.9. The fourth-order valence-corrected chi connectivity index (χ4v) is 4.63. The minimum atomic E-state index is -0.474. The van der Waals surface area contributed by atoms with E-state index < -0.39 is 6.04 Å². The Kier molecular flexibility index (Phi) is 8.03. The first kappa shape index (κ1) is 25.1. The van der Waals surface area contributed by atoms with Crippen molar-refractivity contribution >= 4 is 35.3 Å². The predicted molar refractivity (Wildman–Crippen MR) is 139 cm³/mol. The van der Waals surface area contributed by atoms with Crippen molar-refractivity contribution in [2.75, 3.05) is 11.1 Å². The number of halogens is 1. The maximum absolute atomic E-state index is 13.1. The lowest BCUT2D eigenvalue weighted by molar-refractivity contribution is -0.143. The Morgan fingerprint density at radius 2 is 1.94 bits per heavy atom. The van der Waals surface area contributed by atoms with Crippen molar-refractivity contribution < 1.29 is 14.3 Å². The van der Waals surface area contributed by atoms with E-state index in [4.69, 9.17) is 26.2 Å². The molecule has 0 fully saturated rings. The molecule has 0 bridgehead atoms. The molecular weight excluding hydrogens is 484 g/mol. The van der Waals surface area contributed by atoms with Crippen molar-refractivity contribution in [1.82, 2.24) is 14.8 Å². The van der Waals surface area contributed by atoms with Gasteiger partial charge >= 0.3 is 5.97 Å². The molecule has 9 heteroatoms. The Labute approximate surface area is 214 Å². The van der Waals surface area contributed by atoms with E-state index in [2.05, 4.69) is 17.2 Å². The number of rotatable bonds is 9. The highest BCUT2D eigenvalue weighted by Gasteiger charge is 2.35. The van der Waals surface area contributed by atoms with Crippen LogP contribution >= 0.6 is 23.4 Å². The van der Waals surface area contributed by atoms with Crippen molar-refractivity contribution in [1.29, 1.82) is 0 Å². The van der Waals surface area contributed by atoms with Crippen LogP contribution in [-0.2, 0) is 16.1 Å². The minimum absolute atomic E-state index is 0.239. The van der Waals surface area contributed by atoms with Gasteiger partial charge in [-0.25, -0.2) is 9.48 Å². The van der Waals surface area contributed by atoms with E-state index in [1.54, 1.807) is 16.4 Å². The smallest absolute Gasteiger partial charge is 0.338 e. The van der Waals surface area contributed by atoms with Crippen molar-refractivity contribution in [2.45, 2.75) is 58.0 Å². The highest BCUT2D eigenvalue weighted by molar-refractivity contribution is 7.99. The quantitative estimate of drug-likeness (QED) is 0.268. The molecule has 0 aliphatic carbocycles. The number of fused-ring (bicyclic) bond motifs is 1. The summed E-state index contributed by atoms with van der Waals surface area (Å²) in [5.41, 5.74) is 3.00. The first-order valence-electron chi connectivity index (χ1n) is 11.6. The van der Waals surface area contributed by atoms with E-state index in [0.29, 0.717) is 39.8 Å². The molecule has 0 saturated carbocycles. The van der Waals surface area contributed by atoms with Gasteiger partial charge in [-0.05, 0) is 51.0 Å². The fourth-order valence-electron chi connectivity index (χ4n) is 3.76. The second-order valence-corrected chi connectivity index (χ2v) is 9.95. The fraction of sp³-hybridized carbons (Fsp3) is 0.346. The third kappa shape index (κ3) is 5.82. The standard InChI is InChI=1S/C26H29ClN4O3S/c1-5-14-35-26-29-25-28-17(4)22(24(32)34-16(2)3)23(31(25)30-26)18-10-12-20(13-11-18)33-15-19-8-6-7-9-21(19)27/h6-13,16,23H,5,14-15H2,1-4H3,(H,28,29,30). The summed E-state index contributed by atoms with van der Waals surface area (Å²) in [6.07, 6.45) is 0.779.